The third-order valence-corrected chi connectivity index (χ3v) is 3.62. The molecule has 0 saturated heterocycles. The van der Waals surface area contributed by atoms with E-state index in [2.05, 4.69) is 6.07 Å². The molecule has 0 atom stereocenters. The normalized spacial score (nSPS) is 9.95. The minimum Gasteiger partial charge on any atom is -0.326 e. The Kier molecular flexibility index (Phi) is 4.99. The number of thioether (sulfide) groups is 1. The lowest BCUT2D eigenvalue weighted by molar-refractivity contribution is 1.07. The summed E-state index contributed by atoms with van der Waals surface area (Å²) in [5.41, 5.74) is 9.05. The van der Waals surface area contributed by atoms with Crippen molar-refractivity contribution < 1.29 is 0 Å². The quantitative estimate of drug-likeness (QED) is 0.672. The van der Waals surface area contributed by atoms with Crippen molar-refractivity contribution in [2.75, 3.05) is 11.2 Å². The molecule has 2 aromatic rings. The summed E-state index contributed by atoms with van der Waals surface area (Å²) < 4.78 is 0. The summed E-state index contributed by atoms with van der Waals surface area (Å²) in [7, 11) is 0. The Labute approximate surface area is 128 Å². The Hall–Kier alpha value is -2.29. The number of hydrogen-bond donors (Lipinski definition) is 2. The van der Waals surface area contributed by atoms with E-state index >= 15 is 0 Å². The average molecular weight is 296 g/mol. The molecule has 3 N–H and O–H groups in total. The van der Waals surface area contributed by atoms with Gasteiger partial charge in [0.15, 0.2) is 5.17 Å². The van der Waals surface area contributed by atoms with Crippen LogP contribution in [0, 0.1) is 16.7 Å². The Bertz CT molecular complexity index is 673. The molecule has 4 nitrogen and oxygen atoms in total. The van der Waals surface area contributed by atoms with E-state index in [4.69, 9.17) is 16.4 Å². The maximum Gasteiger partial charge on any atom is 0.165 e. The Morgan fingerprint density at radius 1 is 1.24 bits per heavy atom. The molecule has 0 bridgehead atoms. The second kappa shape index (κ2) is 6.93. The van der Waals surface area contributed by atoms with Crippen LogP contribution in [0.2, 0.25) is 0 Å². The van der Waals surface area contributed by atoms with Crippen molar-refractivity contribution in [2.24, 2.45) is 5.73 Å². The highest BCUT2D eigenvalue weighted by atomic mass is 32.2. The highest BCUT2D eigenvalue weighted by Gasteiger charge is 2.14. The van der Waals surface area contributed by atoms with E-state index in [1.807, 2.05) is 47.6 Å². The van der Waals surface area contributed by atoms with Crippen LogP contribution in [-0.2, 0) is 6.54 Å². The minimum absolute atomic E-state index is 0.411. The average Bonchev–Trinajstić information content (AvgIpc) is 2.55. The number of nitrogens with two attached hydrogens (primary N) is 1. The first-order valence-electron chi connectivity index (χ1n) is 6.41. The minimum atomic E-state index is 0.411. The fourth-order valence-electron chi connectivity index (χ4n) is 1.98. The monoisotopic (exact) mass is 296 g/mol. The predicted molar refractivity (Wildman–Crippen MR) is 88.9 cm³/mol. The maximum atomic E-state index is 8.88. The third-order valence-electron chi connectivity index (χ3n) is 3.06. The van der Waals surface area contributed by atoms with Gasteiger partial charge in [-0.05, 0) is 48.2 Å². The van der Waals surface area contributed by atoms with Crippen LogP contribution in [0.4, 0.5) is 11.4 Å². The summed E-state index contributed by atoms with van der Waals surface area (Å²) in [4.78, 5) is 1.84. The van der Waals surface area contributed by atoms with E-state index < -0.39 is 0 Å². The second-order valence-corrected chi connectivity index (χ2v) is 5.17. The molecule has 0 unspecified atom stereocenters. The van der Waals surface area contributed by atoms with Crippen LogP contribution >= 0.6 is 11.8 Å². The van der Waals surface area contributed by atoms with Crippen LogP contribution in [-0.4, -0.2) is 11.4 Å². The van der Waals surface area contributed by atoms with E-state index in [-0.39, 0.29) is 0 Å². The van der Waals surface area contributed by atoms with Crippen LogP contribution in [0.3, 0.4) is 0 Å². The van der Waals surface area contributed by atoms with Gasteiger partial charge in [-0.2, -0.15) is 5.26 Å². The number of nitriles is 1. The first-order chi connectivity index (χ1) is 10.2. The lowest BCUT2D eigenvalue weighted by Crippen LogP contribution is -2.22. The van der Waals surface area contributed by atoms with E-state index in [0.29, 0.717) is 17.3 Å². The van der Waals surface area contributed by atoms with Gasteiger partial charge in [0.1, 0.15) is 0 Å². The highest BCUT2D eigenvalue weighted by Crippen LogP contribution is 2.29. The molecule has 0 radical (unpaired) electrons. The van der Waals surface area contributed by atoms with Crippen molar-refractivity contribution in [3.63, 3.8) is 0 Å². The molecule has 0 aliphatic heterocycles. The molecule has 0 aromatic heterocycles. The van der Waals surface area contributed by atoms with Crippen LogP contribution in [0.15, 0.2) is 48.5 Å². The van der Waals surface area contributed by atoms with Crippen LogP contribution in [0.5, 0.6) is 0 Å². The zero-order valence-corrected chi connectivity index (χ0v) is 12.5. The third kappa shape index (κ3) is 3.43. The van der Waals surface area contributed by atoms with Crippen molar-refractivity contribution >= 4 is 28.3 Å². The van der Waals surface area contributed by atoms with Gasteiger partial charge in [0.05, 0.1) is 11.6 Å². The van der Waals surface area contributed by atoms with Gasteiger partial charge in [0, 0.05) is 17.9 Å². The van der Waals surface area contributed by atoms with Crippen LogP contribution in [0.25, 0.3) is 0 Å². The van der Waals surface area contributed by atoms with Crippen LogP contribution in [0.1, 0.15) is 11.1 Å². The lowest BCUT2D eigenvalue weighted by Gasteiger charge is -2.24. The van der Waals surface area contributed by atoms with Gasteiger partial charge in [-0.3, -0.25) is 10.3 Å². The number of nitrogens with zero attached hydrogens (tertiary/aromatic N) is 2. The molecule has 0 aliphatic rings. The summed E-state index contributed by atoms with van der Waals surface area (Å²) in [5.74, 6) is 0. The van der Waals surface area contributed by atoms with Gasteiger partial charge < -0.3 is 5.73 Å². The fraction of sp³-hybridized carbons (Fsp3) is 0.125. The van der Waals surface area contributed by atoms with Crippen molar-refractivity contribution in [3.8, 4) is 6.07 Å². The molecular formula is C16H16N4S. The topological polar surface area (TPSA) is 76.9 Å². The van der Waals surface area contributed by atoms with Gasteiger partial charge in [-0.15, -0.1) is 0 Å². The number of benzene rings is 2. The molecule has 0 aliphatic carbocycles. The van der Waals surface area contributed by atoms with Gasteiger partial charge in [0.25, 0.3) is 0 Å². The number of anilines is 2. The number of rotatable bonds is 3. The van der Waals surface area contributed by atoms with Crippen molar-refractivity contribution in [1.82, 2.24) is 0 Å². The van der Waals surface area contributed by atoms with Crippen molar-refractivity contribution in [2.45, 2.75) is 6.54 Å². The zero-order chi connectivity index (χ0) is 15.2. The summed E-state index contributed by atoms with van der Waals surface area (Å²) in [6.45, 7) is 0.460. The lowest BCUT2D eigenvalue weighted by atomic mass is 10.1. The van der Waals surface area contributed by atoms with Crippen molar-refractivity contribution in [3.05, 3.63) is 59.7 Å². The van der Waals surface area contributed by atoms with E-state index in [0.717, 1.165) is 16.9 Å². The summed E-state index contributed by atoms with van der Waals surface area (Å²) in [6.07, 6.45) is 1.87. The molecule has 0 fully saturated rings. The molecule has 5 heteroatoms. The number of nitrogens with one attached hydrogen (secondary N) is 1. The van der Waals surface area contributed by atoms with Gasteiger partial charge in [0.2, 0.25) is 0 Å². The highest BCUT2D eigenvalue weighted by molar-refractivity contribution is 8.13. The summed E-state index contributed by atoms with van der Waals surface area (Å²) in [5, 5.41) is 17.5. The van der Waals surface area contributed by atoms with Gasteiger partial charge >= 0.3 is 0 Å². The zero-order valence-electron chi connectivity index (χ0n) is 11.7. The fourth-order valence-corrected chi connectivity index (χ4v) is 2.38. The molecular weight excluding hydrogens is 280 g/mol. The Morgan fingerprint density at radius 3 is 2.52 bits per heavy atom. The largest absolute Gasteiger partial charge is 0.326 e. The van der Waals surface area contributed by atoms with Gasteiger partial charge in [-0.1, -0.05) is 23.9 Å². The maximum absolute atomic E-state index is 8.88. The molecule has 106 valence electrons. The number of amidine groups is 1. The molecule has 0 spiro atoms. The molecule has 0 saturated carbocycles. The van der Waals surface area contributed by atoms with E-state index in [1.165, 1.54) is 11.8 Å². The Morgan fingerprint density at radius 2 is 1.95 bits per heavy atom. The first kappa shape index (κ1) is 15.1. The molecule has 2 rings (SSSR count). The standard InChI is InChI=1S/C16H16N4S/c1-21-16(19)20(14-7-5-12(10-17)6-8-14)15-4-2-3-13(9-15)11-18/h2-9,19H,11,18H2,1H3. The van der Waals surface area contributed by atoms with Crippen LogP contribution < -0.4 is 10.6 Å². The molecule has 21 heavy (non-hydrogen) atoms. The van der Waals surface area contributed by atoms with Crippen molar-refractivity contribution in [1.29, 1.82) is 10.7 Å². The van der Waals surface area contributed by atoms with Gasteiger partial charge in [-0.25, -0.2) is 0 Å². The molecule has 0 heterocycles. The van der Waals surface area contributed by atoms with E-state index in [1.54, 1.807) is 12.1 Å². The summed E-state index contributed by atoms with van der Waals surface area (Å²) >= 11 is 1.36. The predicted octanol–water partition coefficient (Wildman–Crippen LogP) is 3.45. The molecule has 0 amide bonds. The second-order valence-electron chi connectivity index (χ2n) is 4.38. The summed E-state index contributed by atoms with van der Waals surface area (Å²) in [6, 6.07) is 17.1. The first-order valence-corrected chi connectivity index (χ1v) is 7.64. The molecule has 2 aromatic carbocycles. The SMILES string of the molecule is CSC(=N)N(c1ccc(C#N)cc1)c1cccc(CN)c1. The number of hydrogen-bond acceptors (Lipinski definition) is 4. The Balaban J connectivity index is 2.47. The van der Waals surface area contributed by atoms with E-state index in [9.17, 15) is 0 Å². The smallest absolute Gasteiger partial charge is 0.165 e.